The third-order valence-electron chi connectivity index (χ3n) is 2.62. The highest BCUT2D eigenvalue weighted by Gasteiger charge is 2.20. The maximum absolute atomic E-state index is 3.55. The van der Waals surface area contributed by atoms with Crippen LogP contribution in [0.2, 0.25) is 0 Å². The molecule has 1 aromatic heterocycles. The lowest BCUT2D eigenvalue weighted by atomic mass is 10.1. The SMILES string of the molecule is CC1CN(Cc2ccsc2)CC(C)N1. The Labute approximate surface area is 89.9 Å². The summed E-state index contributed by atoms with van der Waals surface area (Å²) in [6.45, 7) is 7.97. The van der Waals surface area contributed by atoms with E-state index in [1.807, 2.05) is 0 Å². The third kappa shape index (κ3) is 2.56. The van der Waals surface area contributed by atoms with Gasteiger partial charge in [-0.1, -0.05) is 0 Å². The van der Waals surface area contributed by atoms with E-state index in [9.17, 15) is 0 Å². The predicted molar refractivity (Wildman–Crippen MR) is 61.7 cm³/mol. The summed E-state index contributed by atoms with van der Waals surface area (Å²) >= 11 is 1.79. The van der Waals surface area contributed by atoms with Gasteiger partial charge in [0.05, 0.1) is 0 Å². The van der Waals surface area contributed by atoms with Crippen LogP contribution in [0.5, 0.6) is 0 Å². The Morgan fingerprint density at radius 2 is 2.14 bits per heavy atom. The van der Waals surface area contributed by atoms with Gasteiger partial charge in [-0.15, -0.1) is 0 Å². The molecule has 2 heterocycles. The summed E-state index contributed by atoms with van der Waals surface area (Å²) in [4.78, 5) is 2.54. The minimum Gasteiger partial charge on any atom is -0.309 e. The molecule has 1 aliphatic heterocycles. The van der Waals surface area contributed by atoms with Crippen LogP contribution in [0.4, 0.5) is 0 Å². The van der Waals surface area contributed by atoms with Crippen LogP contribution in [0.15, 0.2) is 16.8 Å². The van der Waals surface area contributed by atoms with Crippen LogP contribution in [0, 0.1) is 0 Å². The predicted octanol–water partition coefficient (Wildman–Crippen LogP) is 1.93. The first-order valence-corrected chi connectivity index (χ1v) is 6.18. The molecule has 2 rings (SSSR count). The van der Waals surface area contributed by atoms with Crippen LogP contribution >= 0.6 is 11.3 Å². The van der Waals surface area contributed by atoms with Gasteiger partial charge in [-0.25, -0.2) is 0 Å². The Morgan fingerprint density at radius 3 is 2.71 bits per heavy atom. The Kier molecular flexibility index (Phi) is 3.21. The van der Waals surface area contributed by atoms with Crippen molar-refractivity contribution in [2.45, 2.75) is 32.5 Å². The number of hydrogen-bond acceptors (Lipinski definition) is 3. The van der Waals surface area contributed by atoms with Crippen LogP contribution in [0.1, 0.15) is 19.4 Å². The molecule has 2 atom stereocenters. The van der Waals surface area contributed by atoms with E-state index in [4.69, 9.17) is 0 Å². The molecular weight excluding hydrogens is 192 g/mol. The van der Waals surface area contributed by atoms with Crippen molar-refractivity contribution in [1.82, 2.24) is 10.2 Å². The lowest BCUT2D eigenvalue weighted by molar-refractivity contribution is 0.167. The van der Waals surface area contributed by atoms with Gasteiger partial charge >= 0.3 is 0 Å². The highest BCUT2D eigenvalue weighted by Crippen LogP contribution is 2.12. The summed E-state index contributed by atoms with van der Waals surface area (Å²) in [6, 6.07) is 3.47. The van der Waals surface area contributed by atoms with Gasteiger partial charge in [-0.3, -0.25) is 4.90 Å². The summed E-state index contributed by atoms with van der Waals surface area (Å²) in [7, 11) is 0. The molecule has 2 unspecified atom stereocenters. The summed E-state index contributed by atoms with van der Waals surface area (Å²) in [5, 5.41) is 7.95. The van der Waals surface area contributed by atoms with E-state index in [1.54, 1.807) is 11.3 Å². The molecule has 1 N–H and O–H groups in total. The summed E-state index contributed by atoms with van der Waals surface area (Å²) < 4.78 is 0. The quantitative estimate of drug-likeness (QED) is 0.802. The van der Waals surface area contributed by atoms with Crippen LogP contribution in [-0.2, 0) is 6.54 Å². The third-order valence-corrected chi connectivity index (χ3v) is 3.35. The van der Waals surface area contributed by atoms with Gasteiger partial charge in [-0.05, 0) is 36.2 Å². The van der Waals surface area contributed by atoms with Crippen molar-refractivity contribution in [2.24, 2.45) is 0 Å². The van der Waals surface area contributed by atoms with E-state index in [2.05, 4.69) is 40.9 Å². The molecule has 3 heteroatoms. The fourth-order valence-electron chi connectivity index (χ4n) is 2.21. The molecule has 78 valence electrons. The highest BCUT2D eigenvalue weighted by atomic mass is 32.1. The zero-order chi connectivity index (χ0) is 9.97. The fourth-order valence-corrected chi connectivity index (χ4v) is 2.87. The second-order valence-electron chi connectivity index (χ2n) is 4.29. The fraction of sp³-hybridized carbons (Fsp3) is 0.636. The van der Waals surface area contributed by atoms with E-state index in [-0.39, 0.29) is 0 Å². The molecule has 0 radical (unpaired) electrons. The minimum absolute atomic E-state index is 0.623. The highest BCUT2D eigenvalue weighted by molar-refractivity contribution is 7.07. The smallest absolute Gasteiger partial charge is 0.0243 e. The van der Waals surface area contributed by atoms with E-state index >= 15 is 0 Å². The van der Waals surface area contributed by atoms with Gasteiger partial charge in [-0.2, -0.15) is 11.3 Å². The molecule has 1 fully saturated rings. The van der Waals surface area contributed by atoms with Crippen LogP contribution in [0.25, 0.3) is 0 Å². The molecule has 0 aliphatic carbocycles. The number of thiophene rings is 1. The largest absolute Gasteiger partial charge is 0.309 e. The van der Waals surface area contributed by atoms with Crippen molar-refractivity contribution >= 4 is 11.3 Å². The van der Waals surface area contributed by atoms with Crippen molar-refractivity contribution in [3.8, 4) is 0 Å². The number of piperazine rings is 1. The average molecular weight is 210 g/mol. The lowest BCUT2D eigenvalue weighted by Gasteiger charge is -2.35. The lowest BCUT2D eigenvalue weighted by Crippen LogP contribution is -2.53. The Balaban J connectivity index is 1.91. The van der Waals surface area contributed by atoms with Crippen molar-refractivity contribution < 1.29 is 0 Å². The Bertz CT molecular complexity index is 261. The van der Waals surface area contributed by atoms with Crippen molar-refractivity contribution in [3.05, 3.63) is 22.4 Å². The molecule has 1 saturated heterocycles. The van der Waals surface area contributed by atoms with E-state index in [0.717, 1.165) is 6.54 Å². The number of hydrogen-bond donors (Lipinski definition) is 1. The van der Waals surface area contributed by atoms with Crippen molar-refractivity contribution in [1.29, 1.82) is 0 Å². The molecule has 2 nitrogen and oxygen atoms in total. The Hall–Kier alpha value is -0.380. The van der Waals surface area contributed by atoms with Gasteiger partial charge in [0.2, 0.25) is 0 Å². The Morgan fingerprint density at radius 1 is 1.43 bits per heavy atom. The monoisotopic (exact) mass is 210 g/mol. The minimum atomic E-state index is 0.623. The van der Waals surface area contributed by atoms with Crippen LogP contribution in [-0.4, -0.2) is 30.1 Å². The van der Waals surface area contributed by atoms with Gasteiger partial charge in [0, 0.05) is 31.7 Å². The molecule has 0 aromatic carbocycles. The van der Waals surface area contributed by atoms with Gasteiger partial charge in [0.15, 0.2) is 0 Å². The summed E-state index contributed by atoms with van der Waals surface area (Å²) in [5.41, 5.74) is 1.45. The second kappa shape index (κ2) is 4.43. The first kappa shape index (κ1) is 10.1. The molecule has 0 bridgehead atoms. The van der Waals surface area contributed by atoms with Crippen molar-refractivity contribution in [2.75, 3.05) is 13.1 Å². The molecule has 0 spiro atoms. The van der Waals surface area contributed by atoms with Gasteiger partial charge in [0.25, 0.3) is 0 Å². The average Bonchev–Trinajstić information content (AvgIpc) is 2.54. The van der Waals surface area contributed by atoms with Gasteiger partial charge in [0.1, 0.15) is 0 Å². The normalized spacial score (nSPS) is 29.3. The molecule has 0 amide bonds. The first-order valence-electron chi connectivity index (χ1n) is 5.23. The zero-order valence-corrected chi connectivity index (χ0v) is 9.68. The van der Waals surface area contributed by atoms with Crippen LogP contribution in [0.3, 0.4) is 0 Å². The van der Waals surface area contributed by atoms with E-state index in [0.29, 0.717) is 12.1 Å². The summed E-state index contributed by atoms with van der Waals surface area (Å²) in [5.74, 6) is 0. The number of rotatable bonds is 2. The molecule has 14 heavy (non-hydrogen) atoms. The molecular formula is C11H18N2S. The number of nitrogens with one attached hydrogen (secondary N) is 1. The van der Waals surface area contributed by atoms with Crippen LogP contribution < -0.4 is 5.32 Å². The van der Waals surface area contributed by atoms with Gasteiger partial charge < -0.3 is 5.32 Å². The zero-order valence-electron chi connectivity index (χ0n) is 8.86. The second-order valence-corrected chi connectivity index (χ2v) is 5.07. The summed E-state index contributed by atoms with van der Waals surface area (Å²) in [6.07, 6.45) is 0. The first-order chi connectivity index (χ1) is 6.74. The van der Waals surface area contributed by atoms with Crippen molar-refractivity contribution in [3.63, 3.8) is 0 Å². The van der Waals surface area contributed by atoms with E-state index in [1.165, 1.54) is 18.7 Å². The molecule has 1 aliphatic rings. The maximum atomic E-state index is 3.55. The number of nitrogens with zero attached hydrogens (tertiary/aromatic N) is 1. The molecule has 0 saturated carbocycles. The topological polar surface area (TPSA) is 15.3 Å². The van der Waals surface area contributed by atoms with E-state index < -0.39 is 0 Å². The standard InChI is InChI=1S/C11H18N2S/c1-9-5-13(6-10(2)12-9)7-11-3-4-14-8-11/h3-4,8-10,12H,5-7H2,1-2H3. The molecule has 1 aromatic rings. The maximum Gasteiger partial charge on any atom is 0.0243 e.